The average Bonchev–Trinajstić information content (AvgIpc) is 3.33. The molecule has 3 rings (SSSR count). The summed E-state index contributed by atoms with van der Waals surface area (Å²) in [5.74, 6) is -0.371. The van der Waals surface area contributed by atoms with E-state index in [1.807, 2.05) is 61.5 Å². The lowest BCUT2D eigenvalue weighted by molar-refractivity contribution is -0.152. The molecule has 1 heterocycles. The topological polar surface area (TPSA) is 88.5 Å². The van der Waals surface area contributed by atoms with E-state index in [0.29, 0.717) is 26.1 Å². The lowest BCUT2D eigenvalue weighted by Gasteiger charge is -2.17. The summed E-state index contributed by atoms with van der Waals surface area (Å²) in [6.07, 6.45) is 0.567. The van der Waals surface area contributed by atoms with Crippen molar-refractivity contribution in [2.75, 3.05) is 26.8 Å². The number of likely N-dealkylation sites (N-methyl/N-ethyl adjacent to an activating group) is 1. The molecule has 0 unspecified atom stereocenters. The van der Waals surface area contributed by atoms with Crippen LogP contribution < -0.4 is 4.74 Å². The molecule has 0 spiro atoms. The van der Waals surface area contributed by atoms with Crippen LogP contribution in [0.4, 0.5) is 0 Å². The summed E-state index contributed by atoms with van der Waals surface area (Å²) in [4.78, 5) is 38.1. The molecular formula is C25H29N3O5. The van der Waals surface area contributed by atoms with Gasteiger partial charge in [-0.2, -0.15) is 5.10 Å². The van der Waals surface area contributed by atoms with Crippen LogP contribution in [0.25, 0.3) is 0 Å². The smallest absolute Gasteiger partial charge is 0.306 e. The Bertz CT molecular complexity index is 989. The number of rotatable bonds is 10. The van der Waals surface area contributed by atoms with E-state index in [0.717, 1.165) is 22.6 Å². The number of carbonyl (C=O) groups is 3. The summed E-state index contributed by atoms with van der Waals surface area (Å²) < 4.78 is 10.5. The van der Waals surface area contributed by atoms with E-state index in [-0.39, 0.29) is 31.3 Å². The minimum absolute atomic E-state index is 0.0133. The maximum atomic E-state index is 12.4. The minimum atomic E-state index is -0.586. The van der Waals surface area contributed by atoms with Crippen molar-refractivity contribution in [3.8, 4) is 5.75 Å². The Morgan fingerprint density at radius 3 is 2.45 bits per heavy atom. The van der Waals surface area contributed by atoms with Crippen molar-refractivity contribution >= 4 is 23.5 Å². The fraction of sp³-hybridized carbons (Fsp3) is 0.360. The van der Waals surface area contributed by atoms with Crippen molar-refractivity contribution in [2.45, 2.75) is 32.7 Å². The second-order valence-electron chi connectivity index (χ2n) is 7.67. The fourth-order valence-corrected chi connectivity index (χ4v) is 3.35. The third-order valence-electron chi connectivity index (χ3n) is 5.18. The standard InChI is InChI=1S/C25H29N3O5/c1-3-32-21-11-9-19(10-12-21)17-27(2)24(30)18-33-25(31)14-13-23(29)28-16-15-22(26-28)20-7-5-4-6-8-20/h4-12H,3,13-18H2,1-2H3. The molecule has 0 saturated carbocycles. The normalized spacial score (nSPS) is 12.8. The molecule has 0 N–H and O–H groups in total. The third-order valence-corrected chi connectivity index (χ3v) is 5.18. The number of hydrazone groups is 1. The Balaban J connectivity index is 1.37. The fourth-order valence-electron chi connectivity index (χ4n) is 3.35. The molecule has 0 radical (unpaired) electrons. The van der Waals surface area contributed by atoms with Crippen LogP contribution in [0.2, 0.25) is 0 Å². The third kappa shape index (κ3) is 7.17. The summed E-state index contributed by atoms with van der Waals surface area (Å²) in [5.41, 5.74) is 2.78. The van der Waals surface area contributed by atoms with Gasteiger partial charge in [0, 0.05) is 26.4 Å². The molecule has 2 aromatic rings. The number of benzene rings is 2. The van der Waals surface area contributed by atoms with Crippen LogP contribution in [0.3, 0.4) is 0 Å². The SMILES string of the molecule is CCOc1ccc(CN(C)C(=O)COC(=O)CCC(=O)N2CCC(c3ccccc3)=N2)cc1. The van der Waals surface area contributed by atoms with Crippen LogP contribution in [0.15, 0.2) is 59.7 Å². The number of amides is 2. The highest BCUT2D eigenvalue weighted by Crippen LogP contribution is 2.15. The first kappa shape index (κ1) is 24.0. The van der Waals surface area contributed by atoms with Crippen LogP contribution in [0.5, 0.6) is 5.75 Å². The molecule has 0 fully saturated rings. The van der Waals surface area contributed by atoms with E-state index >= 15 is 0 Å². The van der Waals surface area contributed by atoms with Gasteiger partial charge in [0.2, 0.25) is 5.91 Å². The molecule has 2 amide bonds. The van der Waals surface area contributed by atoms with Gasteiger partial charge in [0.25, 0.3) is 5.91 Å². The molecule has 8 nitrogen and oxygen atoms in total. The second-order valence-corrected chi connectivity index (χ2v) is 7.67. The van der Waals surface area contributed by atoms with Crippen molar-refractivity contribution in [3.63, 3.8) is 0 Å². The number of nitrogens with zero attached hydrogens (tertiary/aromatic N) is 3. The van der Waals surface area contributed by atoms with Gasteiger partial charge in [-0.05, 0) is 30.2 Å². The number of carbonyl (C=O) groups excluding carboxylic acids is 3. The summed E-state index contributed by atoms with van der Waals surface area (Å²) >= 11 is 0. The van der Waals surface area contributed by atoms with E-state index in [2.05, 4.69) is 5.10 Å². The second kappa shape index (κ2) is 11.8. The number of ether oxygens (including phenoxy) is 2. The van der Waals surface area contributed by atoms with Crippen LogP contribution in [-0.2, 0) is 25.7 Å². The molecule has 174 valence electrons. The zero-order valence-electron chi connectivity index (χ0n) is 19.0. The minimum Gasteiger partial charge on any atom is -0.494 e. The van der Waals surface area contributed by atoms with Gasteiger partial charge in [-0.1, -0.05) is 42.5 Å². The predicted molar refractivity (Wildman–Crippen MR) is 124 cm³/mol. The molecule has 8 heteroatoms. The first-order valence-corrected chi connectivity index (χ1v) is 11.0. The molecule has 0 atom stereocenters. The van der Waals surface area contributed by atoms with Gasteiger partial charge >= 0.3 is 5.97 Å². The maximum Gasteiger partial charge on any atom is 0.306 e. The Morgan fingerprint density at radius 2 is 1.76 bits per heavy atom. The molecule has 0 saturated heterocycles. The van der Waals surface area contributed by atoms with Crippen LogP contribution in [0, 0.1) is 0 Å². The Kier molecular flexibility index (Phi) is 8.57. The maximum absolute atomic E-state index is 12.4. The predicted octanol–water partition coefficient (Wildman–Crippen LogP) is 3.00. The summed E-state index contributed by atoms with van der Waals surface area (Å²) in [6.45, 7) is 3.03. The highest BCUT2D eigenvalue weighted by atomic mass is 16.5. The molecule has 0 aliphatic carbocycles. The van der Waals surface area contributed by atoms with Crippen molar-refractivity contribution < 1.29 is 23.9 Å². The van der Waals surface area contributed by atoms with Gasteiger partial charge in [-0.3, -0.25) is 14.4 Å². The summed E-state index contributed by atoms with van der Waals surface area (Å²) in [5, 5.41) is 5.76. The largest absolute Gasteiger partial charge is 0.494 e. The van der Waals surface area contributed by atoms with Gasteiger partial charge in [0.1, 0.15) is 5.75 Å². The van der Waals surface area contributed by atoms with E-state index in [4.69, 9.17) is 9.47 Å². The number of hydrogen-bond acceptors (Lipinski definition) is 6. The molecule has 2 aromatic carbocycles. The van der Waals surface area contributed by atoms with E-state index in [1.54, 1.807) is 7.05 Å². The van der Waals surface area contributed by atoms with Gasteiger partial charge in [0.05, 0.1) is 25.3 Å². The lowest BCUT2D eigenvalue weighted by Crippen LogP contribution is -2.31. The first-order chi connectivity index (χ1) is 16.0. The monoisotopic (exact) mass is 451 g/mol. The van der Waals surface area contributed by atoms with E-state index < -0.39 is 5.97 Å². The van der Waals surface area contributed by atoms with Crippen molar-refractivity contribution in [3.05, 3.63) is 65.7 Å². The molecule has 33 heavy (non-hydrogen) atoms. The van der Waals surface area contributed by atoms with Gasteiger partial charge in [-0.15, -0.1) is 0 Å². The van der Waals surface area contributed by atoms with Crippen LogP contribution in [0.1, 0.15) is 37.3 Å². The Morgan fingerprint density at radius 1 is 1.03 bits per heavy atom. The summed E-state index contributed by atoms with van der Waals surface area (Å²) in [6, 6.07) is 17.2. The van der Waals surface area contributed by atoms with Crippen molar-refractivity contribution in [1.29, 1.82) is 0 Å². The van der Waals surface area contributed by atoms with E-state index in [1.165, 1.54) is 9.91 Å². The zero-order valence-corrected chi connectivity index (χ0v) is 19.0. The molecule has 1 aliphatic heterocycles. The number of hydrogen-bond donors (Lipinski definition) is 0. The number of esters is 1. The Labute approximate surface area is 193 Å². The highest BCUT2D eigenvalue weighted by molar-refractivity contribution is 6.02. The van der Waals surface area contributed by atoms with Gasteiger partial charge in [-0.25, -0.2) is 5.01 Å². The van der Waals surface area contributed by atoms with E-state index in [9.17, 15) is 14.4 Å². The van der Waals surface area contributed by atoms with Crippen molar-refractivity contribution in [2.24, 2.45) is 5.10 Å². The lowest BCUT2D eigenvalue weighted by atomic mass is 10.1. The molecule has 0 aromatic heterocycles. The average molecular weight is 452 g/mol. The Hall–Kier alpha value is -3.68. The van der Waals surface area contributed by atoms with Crippen LogP contribution >= 0.6 is 0 Å². The molecule has 0 bridgehead atoms. The van der Waals surface area contributed by atoms with Gasteiger partial charge in [0.15, 0.2) is 6.61 Å². The van der Waals surface area contributed by atoms with Crippen molar-refractivity contribution in [1.82, 2.24) is 9.91 Å². The quantitative estimate of drug-likeness (QED) is 0.518. The molecule has 1 aliphatic rings. The first-order valence-electron chi connectivity index (χ1n) is 11.0. The highest BCUT2D eigenvalue weighted by Gasteiger charge is 2.22. The zero-order chi connectivity index (χ0) is 23.6. The summed E-state index contributed by atoms with van der Waals surface area (Å²) in [7, 11) is 1.64. The van der Waals surface area contributed by atoms with Gasteiger partial charge < -0.3 is 14.4 Å². The molecular weight excluding hydrogens is 422 g/mol. The van der Waals surface area contributed by atoms with Crippen LogP contribution in [-0.4, -0.2) is 60.2 Å².